The molecule has 1 aromatic heterocycles. The number of rotatable bonds is 1. The van der Waals surface area contributed by atoms with Crippen LogP contribution in [0.2, 0.25) is 0 Å². The maximum atomic E-state index is 11.7. The summed E-state index contributed by atoms with van der Waals surface area (Å²) in [6.45, 7) is 0. The quantitative estimate of drug-likeness (QED) is 0.815. The Labute approximate surface area is 99.4 Å². The van der Waals surface area contributed by atoms with Crippen molar-refractivity contribution >= 4 is 32.7 Å². The van der Waals surface area contributed by atoms with E-state index in [1.165, 1.54) is 7.11 Å². The lowest BCUT2D eigenvalue weighted by Crippen LogP contribution is -2.14. The highest BCUT2D eigenvalue weighted by atomic mass is 79.9. The van der Waals surface area contributed by atoms with Crippen LogP contribution < -0.4 is 5.56 Å². The minimum atomic E-state index is -0.560. The largest absolute Gasteiger partial charge is 0.464 e. The lowest BCUT2D eigenvalue weighted by atomic mass is 10.1. The number of hydrogen-bond donors (Lipinski definition) is 1. The Balaban J connectivity index is 2.80. The molecular formula is C11H8BrNO3. The van der Waals surface area contributed by atoms with Gasteiger partial charge in [0, 0.05) is 15.2 Å². The molecule has 16 heavy (non-hydrogen) atoms. The standard InChI is InChI=1S/C11H8BrNO3/c1-16-11(15)9-5-7-6(10(14)13-9)3-2-4-8(7)12/h2-5H,1H3,(H,13,14). The van der Waals surface area contributed by atoms with Crippen LogP contribution in [0.5, 0.6) is 0 Å². The van der Waals surface area contributed by atoms with Crippen molar-refractivity contribution in [2.24, 2.45) is 0 Å². The van der Waals surface area contributed by atoms with E-state index in [1.807, 2.05) is 6.07 Å². The van der Waals surface area contributed by atoms with Crippen LogP contribution in [0.15, 0.2) is 33.5 Å². The molecule has 0 aliphatic carbocycles. The first kappa shape index (κ1) is 10.9. The monoisotopic (exact) mass is 281 g/mol. The van der Waals surface area contributed by atoms with Crippen molar-refractivity contribution in [3.8, 4) is 0 Å². The summed E-state index contributed by atoms with van der Waals surface area (Å²) in [5.41, 5.74) is -0.161. The Kier molecular flexibility index (Phi) is 2.78. The number of carbonyl (C=O) groups is 1. The highest BCUT2D eigenvalue weighted by molar-refractivity contribution is 9.10. The predicted octanol–water partition coefficient (Wildman–Crippen LogP) is 2.08. The Morgan fingerprint density at radius 2 is 2.12 bits per heavy atom. The molecule has 0 unspecified atom stereocenters. The third kappa shape index (κ3) is 1.74. The first-order chi connectivity index (χ1) is 7.63. The zero-order chi connectivity index (χ0) is 11.7. The summed E-state index contributed by atoms with van der Waals surface area (Å²) >= 11 is 3.33. The second kappa shape index (κ2) is 4.09. The normalized spacial score (nSPS) is 10.4. The number of methoxy groups -OCH3 is 1. The summed E-state index contributed by atoms with van der Waals surface area (Å²) in [7, 11) is 1.27. The third-order valence-electron chi connectivity index (χ3n) is 2.24. The van der Waals surface area contributed by atoms with Crippen molar-refractivity contribution in [3.63, 3.8) is 0 Å². The summed E-state index contributed by atoms with van der Waals surface area (Å²) < 4.78 is 5.32. The summed E-state index contributed by atoms with van der Waals surface area (Å²) in [5.74, 6) is -0.560. The van der Waals surface area contributed by atoms with Crippen LogP contribution in [0.4, 0.5) is 0 Å². The predicted molar refractivity (Wildman–Crippen MR) is 63.6 cm³/mol. The van der Waals surface area contributed by atoms with Gasteiger partial charge in [0.05, 0.1) is 7.11 Å². The van der Waals surface area contributed by atoms with Gasteiger partial charge in [-0.3, -0.25) is 4.79 Å². The van der Waals surface area contributed by atoms with Crippen LogP contribution in [0.1, 0.15) is 10.5 Å². The molecule has 1 aromatic carbocycles. The van der Waals surface area contributed by atoms with Crippen LogP contribution in [-0.4, -0.2) is 18.1 Å². The van der Waals surface area contributed by atoms with Gasteiger partial charge in [0.25, 0.3) is 5.56 Å². The number of aromatic nitrogens is 1. The van der Waals surface area contributed by atoms with E-state index in [2.05, 4.69) is 25.7 Å². The van der Waals surface area contributed by atoms with Gasteiger partial charge in [-0.25, -0.2) is 4.79 Å². The summed E-state index contributed by atoms with van der Waals surface area (Å²) in [5, 5.41) is 1.22. The summed E-state index contributed by atoms with van der Waals surface area (Å²) in [6.07, 6.45) is 0. The number of esters is 1. The summed E-state index contributed by atoms with van der Waals surface area (Å²) in [6, 6.07) is 6.86. The zero-order valence-corrected chi connectivity index (χ0v) is 10.00. The number of hydrogen-bond acceptors (Lipinski definition) is 3. The molecular weight excluding hydrogens is 274 g/mol. The lowest BCUT2D eigenvalue weighted by Gasteiger charge is -2.03. The molecule has 0 saturated carbocycles. The lowest BCUT2D eigenvalue weighted by molar-refractivity contribution is 0.0594. The minimum Gasteiger partial charge on any atom is -0.464 e. The van der Waals surface area contributed by atoms with Gasteiger partial charge in [-0.2, -0.15) is 0 Å². The molecule has 82 valence electrons. The van der Waals surface area contributed by atoms with E-state index in [4.69, 9.17) is 0 Å². The smallest absolute Gasteiger partial charge is 0.354 e. The van der Waals surface area contributed by atoms with E-state index in [0.29, 0.717) is 10.8 Å². The molecule has 1 heterocycles. The summed E-state index contributed by atoms with van der Waals surface area (Å²) in [4.78, 5) is 25.5. The maximum absolute atomic E-state index is 11.7. The van der Waals surface area contributed by atoms with Crippen molar-refractivity contribution in [2.45, 2.75) is 0 Å². The van der Waals surface area contributed by atoms with Gasteiger partial charge in [-0.1, -0.05) is 22.0 Å². The number of fused-ring (bicyclic) bond motifs is 1. The molecule has 0 saturated heterocycles. The molecule has 0 atom stereocenters. The van der Waals surface area contributed by atoms with Crippen LogP contribution in [0.25, 0.3) is 10.8 Å². The van der Waals surface area contributed by atoms with Crippen molar-refractivity contribution in [2.75, 3.05) is 7.11 Å². The molecule has 0 aliphatic heterocycles. The average Bonchev–Trinajstić information content (AvgIpc) is 2.29. The Morgan fingerprint density at radius 3 is 2.81 bits per heavy atom. The molecule has 0 radical (unpaired) electrons. The van der Waals surface area contributed by atoms with E-state index in [-0.39, 0.29) is 11.3 Å². The topological polar surface area (TPSA) is 59.2 Å². The van der Waals surface area contributed by atoms with E-state index in [0.717, 1.165) is 4.47 Å². The van der Waals surface area contributed by atoms with Gasteiger partial charge in [0.2, 0.25) is 0 Å². The molecule has 4 nitrogen and oxygen atoms in total. The Bertz CT molecular complexity index is 618. The fourth-order valence-corrected chi connectivity index (χ4v) is 1.95. The second-order valence-corrected chi connectivity index (χ2v) is 4.06. The molecule has 0 fully saturated rings. The highest BCUT2D eigenvalue weighted by Crippen LogP contribution is 2.21. The number of aromatic amines is 1. The molecule has 0 bridgehead atoms. The first-order valence-corrected chi connectivity index (χ1v) is 5.32. The molecule has 2 aromatic rings. The second-order valence-electron chi connectivity index (χ2n) is 3.20. The van der Waals surface area contributed by atoms with Crippen molar-refractivity contribution < 1.29 is 9.53 Å². The molecule has 1 N–H and O–H groups in total. The molecule has 0 aliphatic rings. The van der Waals surface area contributed by atoms with Crippen LogP contribution in [-0.2, 0) is 4.74 Å². The van der Waals surface area contributed by atoms with Crippen LogP contribution in [0, 0.1) is 0 Å². The van der Waals surface area contributed by atoms with E-state index >= 15 is 0 Å². The molecule has 2 rings (SSSR count). The van der Waals surface area contributed by atoms with Gasteiger partial charge in [-0.15, -0.1) is 0 Å². The van der Waals surface area contributed by atoms with E-state index in [1.54, 1.807) is 18.2 Å². The number of carbonyl (C=O) groups excluding carboxylic acids is 1. The number of H-pyrrole nitrogens is 1. The number of ether oxygens (including phenoxy) is 1. The fourth-order valence-electron chi connectivity index (χ4n) is 1.47. The van der Waals surface area contributed by atoms with Crippen molar-refractivity contribution in [1.29, 1.82) is 0 Å². The third-order valence-corrected chi connectivity index (χ3v) is 2.93. The van der Waals surface area contributed by atoms with Crippen molar-refractivity contribution in [3.05, 3.63) is 44.8 Å². The first-order valence-electron chi connectivity index (χ1n) is 4.53. The van der Waals surface area contributed by atoms with Gasteiger partial charge in [0.15, 0.2) is 0 Å². The zero-order valence-electron chi connectivity index (χ0n) is 8.41. The number of pyridine rings is 1. The molecule has 0 spiro atoms. The average molecular weight is 282 g/mol. The van der Waals surface area contributed by atoms with Gasteiger partial charge < -0.3 is 9.72 Å². The van der Waals surface area contributed by atoms with Crippen molar-refractivity contribution in [1.82, 2.24) is 4.98 Å². The Morgan fingerprint density at radius 1 is 1.38 bits per heavy atom. The van der Waals surface area contributed by atoms with Gasteiger partial charge >= 0.3 is 5.97 Å². The van der Waals surface area contributed by atoms with Crippen LogP contribution >= 0.6 is 15.9 Å². The molecule has 5 heteroatoms. The van der Waals surface area contributed by atoms with E-state index in [9.17, 15) is 9.59 Å². The SMILES string of the molecule is COC(=O)c1cc2c(Br)cccc2c(=O)[nH]1. The molecule has 0 amide bonds. The number of halogens is 1. The highest BCUT2D eigenvalue weighted by Gasteiger charge is 2.10. The van der Waals surface area contributed by atoms with Gasteiger partial charge in [-0.05, 0) is 18.2 Å². The maximum Gasteiger partial charge on any atom is 0.354 e. The van der Waals surface area contributed by atoms with Gasteiger partial charge in [0.1, 0.15) is 5.69 Å². The minimum absolute atomic E-state index is 0.145. The Hall–Kier alpha value is -1.62. The van der Waals surface area contributed by atoms with Crippen LogP contribution in [0.3, 0.4) is 0 Å². The fraction of sp³-hybridized carbons (Fsp3) is 0.0909. The van der Waals surface area contributed by atoms with E-state index < -0.39 is 5.97 Å². The number of nitrogens with one attached hydrogen (secondary N) is 1. The number of benzene rings is 1.